The summed E-state index contributed by atoms with van der Waals surface area (Å²) in [6, 6.07) is 24.2. The van der Waals surface area contributed by atoms with Crippen molar-refractivity contribution in [2.75, 3.05) is 16.8 Å². The van der Waals surface area contributed by atoms with Gasteiger partial charge >= 0.3 is 6.03 Å². The normalized spacial score (nSPS) is 13.9. The Labute approximate surface area is 266 Å². The van der Waals surface area contributed by atoms with Gasteiger partial charge in [-0.1, -0.05) is 71.2 Å². The van der Waals surface area contributed by atoms with Crippen LogP contribution >= 0.6 is 34.8 Å². The van der Waals surface area contributed by atoms with E-state index in [1.54, 1.807) is 42.5 Å². The Morgan fingerprint density at radius 1 is 0.818 bits per heavy atom. The number of imide groups is 2. The van der Waals surface area contributed by atoms with Crippen molar-refractivity contribution >= 4 is 76.0 Å². The van der Waals surface area contributed by atoms with E-state index >= 15 is 0 Å². The number of nitrogens with one attached hydrogen (secondary N) is 2. The van der Waals surface area contributed by atoms with Gasteiger partial charge in [-0.2, -0.15) is 0 Å². The molecule has 5 rings (SSSR count). The number of urea groups is 1. The van der Waals surface area contributed by atoms with Gasteiger partial charge in [0.1, 0.15) is 23.7 Å². The Balaban J connectivity index is 1.24. The molecule has 9 nitrogen and oxygen atoms in total. The van der Waals surface area contributed by atoms with Crippen LogP contribution in [0.3, 0.4) is 0 Å². The van der Waals surface area contributed by atoms with Gasteiger partial charge in [0.15, 0.2) is 6.61 Å². The number of ether oxygens (including phenoxy) is 2. The van der Waals surface area contributed by atoms with Crippen LogP contribution < -0.4 is 25.0 Å². The van der Waals surface area contributed by atoms with Crippen molar-refractivity contribution in [3.8, 4) is 11.5 Å². The van der Waals surface area contributed by atoms with Gasteiger partial charge in [-0.05, 0) is 71.8 Å². The number of carbonyl (C=O) groups excluding carboxylic acids is 4. The van der Waals surface area contributed by atoms with E-state index in [1.165, 1.54) is 24.3 Å². The molecule has 1 saturated heterocycles. The van der Waals surface area contributed by atoms with Gasteiger partial charge in [0.25, 0.3) is 17.7 Å². The molecule has 44 heavy (non-hydrogen) atoms. The number of hydrogen-bond donors (Lipinski definition) is 2. The molecule has 2 N–H and O–H groups in total. The second-order valence-electron chi connectivity index (χ2n) is 9.38. The lowest BCUT2D eigenvalue weighted by Gasteiger charge is -2.26. The summed E-state index contributed by atoms with van der Waals surface area (Å²) in [7, 11) is 0. The van der Waals surface area contributed by atoms with E-state index in [4.69, 9.17) is 44.3 Å². The van der Waals surface area contributed by atoms with Gasteiger partial charge in [-0.25, -0.2) is 9.69 Å². The molecule has 0 atom stereocenters. The van der Waals surface area contributed by atoms with Crippen molar-refractivity contribution in [2.24, 2.45) is 0 Å². The Morgan fingerprint density at radius 2 is 1.57 bits per heavy atom. The third-order valence-electron chi connectivity index (χ3n) is 6.27. The highest BCUT2D eigenvalue weighted by Crippen LogP contribution is 2.29. The summed E-state index contributed by atoms with van der Waals surface area (Å²) in [6.45, 7) is -0.00251. The maximum atomic E-state index is 13.3. The zero-order valence-corrected chi connectivity index (χ0v) is 25.0. The molecule has 0 aromatic heterocycles. The van der Waals surface area contributed by atoms with E-state index < -0.39 is 23.8 Å². The largest absolute Gasteiger partial charge is 0.489 e. The number of anilines is 2. The Bertz CT molecular complexity index is 1780. The molecule has 0 saturated carbocycles. The van der Waals surface area contributed by atoms with E-state index in [2.05, 4.69) is 10.6 Å². The molecule has 0 aliphatic carbocycles. The van der Waals surface area contributed by atoms with Crippen LogP contribution in [0.25, 0.3) is 6.08 Å². The van der Waals surface area contributed by atoms with Gasteiger partial charge in [0.05, 0.1) is 20.8 Å². The molecular formula is C32H22Cl3N3O6. The summed E-state index contributed by atoms with van der Waals surface area (Å²) in [5, 5.41) is 5.59. The molecule has 4 aromatic carbocycles. The first kappa shape index (κ1) is 30.6. The van der Waals surface area contributed by atoms with Gasteiger partial charge in [0.2, 0.25) is 0 Å². The lowest BCUT2D eigenvalue weighted by molar-refractivity contribution is -0.122. The number of barbiturate groups is 1. The summed E-state index contributed by atoms with van der Waals surface area (Å²) in [6.07, 6.45) is 1.31. The minimum Gasteiger partial charge on any atom is -0.489 e. The minimum atomic E-state index is -0.879. The third-order valence-corrected chi connectivity index (χ3v) is 7.31. The Hall–Kier alpha value is -4.83. The number of carbonyl (C=O) groups is 4. The lowest BCUT2D eigenvalue weighted by atomic mass is 10.1. The SMILES string of the molecule is O=C(COc1ccc(/C=C2/C(=O)NC(=O)N(c3ccc(OCc4ccccc4)cc3)C2=O)cc1Cl)Nc1ccc(Cl)c(Cl)c1. The standard InChI is InChI=1S/C32H22Cl3N3O6/c33-25-12-7-21(16-26(25)34)36-29(39)18-44-28-13-6-20(15-27(28)35)14-24-30(40)37-32(42)38(31(24)41)22-8-10-23(11-9-22)43-17-19-4-2-1-3-5-19/h1-16H,17-18H2,(H,36,39)(H,37,40,42)/b24-14-. The van der Waals surface area contributed by atoms with Crippen molar-refractivity contribution in [1.82, 2.24) is 5.32 Å². The molecule has 0 spiro atoms. The smallest absolute Gasteiger partial charge is 0.335 e. The minimum absolute atomic E-state index is 0.129. The number of rotatable bonds is 9. The van der Waals surface area contributed by atoms with Gasteiger partial charge in [-0.15, -0.1) is 0 Å². The van der Waals surface area contributed by atoms with Crippen molar-refractivity contribution < 1.29 is 28.7 Å². The monoisotopic (exact) mass is 649 g/mol. The molecule has 0 unspecified atom stereocenters. The van der Waals surface area contributed by atoms with Crippen molar-refractivity contribution in [3.05, 3.63) is 123 Å². The number of nitrogens with zero attached hydrogens (tertiary/aromatic N) is 1. The van der Waals surface area contributed by atoms with E-state index in [-0.39, 0.29) is 33.7 Å². The second-order valence-corrected chi connectivity index (χ2v) is 10.6. The highest BCUT2D eigenvalue weighted by atomic mass is 35.5. The number of amides is 5. The average molecular weight is 651 g/mol. The first-order chi connectivity index (χ1) is 21.2. The fourth-order valence-corrected chi connectivity index (χ4v) is 4.67. The van der Waals surface area contributed by atoms with Crippen LogP contribution in [-0.4, -0.2) is 30.4 Å². The van der Waals surface area contributed by atoms with E-state index in [9.17, 15) is 19.2 Å². The average Bonchev–Trinajstić information content (AvgIpc) is 3.00. The van der Waals surface area contributed by atoms with E-state index in [0.29, 0.717) is 28.6 Å². The van der Waals surface area contributed by atoms with Crippen LogP contribution in [0.2, 0.25) is 15.1 Å². The van der Waals surface area contributed by atoms with Gasteiger partial charge in [0, 0.05) is 5.69 Å². The molecule has 12 heteroatoms. The quantitative estimate of drug-likeness (QED) is 0.150. The molecule has 1 aliphatic rings. The molecule has 1 fully saturated rings. The van der Waals surface area contributed by atoms with Gasteiger partial charge < -0.3 is 14.8 Å². The fraction of sp³-hybridized carbons (Fsp3) is 0.0625. The highest BCUT2D eigenvalue weighted by molar-refractivity contribution is 6.42. The summed E-state index contributed by atoms with van der Waals surface area (Å²) in [4.78, 5) is 51.7. The summed E-state index contributed by atoms with van der Waals surface area (Å²) in [5.41, 5.74) is 1.79. The van der Waals surface area contributed by atoms with Crippen LogP contribution in [0, 0.1) is 0 Å². The van der Waals surface area contributed by atoms with Crippen molar-refractivity contribution in [1.29, 1.82) is 0 Å². The summed E-state index contributed by atoms with van der Waals surface area (Å²) < 4.78 is 11.3. The molecule has 1 heterocycles. The zero-order chi connectivity index (χ0) is 31.2. The fourth-order valence-electron chi connectivity index (χ4n) is 4.13. The van der Waals surface area contributed by atoms with Crippen LogP contribution in [0.15, 0.2) is 96.6 Å². The maximum Gasteiger partial charge on any atom is 0.335 e. The van der Waals surface area contributed by atoms with Crippen molar-refractivity contribution in [2.45, 2.75) is 6.61 Å². The van der Waals surface area contributed by atoms with Crippen LogP contribution in [-0.2, 0) is 21.0 Å². The van der Waals surface area contributed by atoms with E-state index in [0.717, 1.165) is 10.5 Å². The molecule has 0 bridgehead atoms. The maximum absolute atomic E-state index is 13.3. The lowest BCUT2D eigenvalue weighted by Crippen LogP contribution is -2.54. The highest BCUT2D eigenvalue weighted by Gasteiger charge is 2.36. The predicted octanol–water partition coefficient (Wildman–Crippen LogP) is 6.91. The summed E-state index contributed by atoms with van der Waals surface area (Å²) >= 11 is 18.2. The number of benzene rings is 4. The third kappa shape index (κ3) is 7.38. The number of halogens is 3. The molecule has 1 aliphatic heterocycles. The molecule has 4 aromatic rings. The molecule has 222 valence electrons. The Kier molecular flexibility index (Phi) is 9.50. The first-order valence-corrected chi connectivity index (χ1v) is 14.2. The van der Waals surface area contributed by atoms with Crippen LogP contribution in [0.4, 0.5) is 16.2 Å². The molecule has 5 amide bonds. The topological polar surface area (TPSA) is 114 Å². The molecule has 0 radical (unpaired) electrons. The number of hydrogen-bond acceptors (Lipinski definition) is 6. The zero-order valence-electron chi connectivity index (χ0n) is 22.7. The summed E-state index contributed by atoms with van der Waals surface area (Å²) in [5.74, 6) is -1.39. The van der Waals surface area contributed by atoms with Crippen LogP contribution in [0.5, 0.6) is 11.5 Å². The van der Waals surface area contributed by atoms with Crippen LogP contribution in [0.1, 0.15) is 11.1 Å². The van der Waals surface area contributed by atoms with E-state index in [1.807, 2.05) is 30.3 Å². The molecular weight excluding hydrogens is 629 g/mol. The predicted molar refractivity (Wildman–Crippen MR) is 168 cm³/mol. The second kappa shape index (κ2) is 13.6. The van der Waals surface area contributed by atoms with Gasteiger partial charge in [-0.3, -0.25) is 19.7 Å². The van der Waals surface area contributed by atoms with Crippen molar-refractivity contribution in [3.63, 3.8) is 0 Å². The first-order valence-electron chi connectivity index (χ1n) is 13.0. The Morgan fingerprint density at radius 3 is 2.27 bits per heavy atom.